The predicted octanol–water partition coefficient (Wildman–Crippen LogP) is 4.72. The Morgan fingerprint density at radius 3 is 2.70 bits per heavy atom. The van der Waals surface area contributed by atoms with Gasteiger partial charge in [-0.05, 0) is 36.5 Å². The number of benzene rings is 1. The molecule has 0 amide bonds. The van der Waals surface area contributed by atoms with Gasteiger partial charge in [-0.1, -0.05) is 33.3 Å². The molecule has 1 aromatic heterocycles. The summed E-state index contributed by atoms with van der Waals surface area (Å²) in [5.41, 5.74) is 2.51. The molecule has 0 aliphatic rings. The van der Waals surface area contributed by atoms with Crippen molar-refractivity contribution in [2.24, 2.45) is 5.92 Å². The summed E-state index contributed by atoms with van der Waals surface area (Å²) in [6.07, 6.45) is 3.11. The molecular formula is C16H22ClNO2. The van der Waals surface area contributed by atoms with Gasteiger partial charge in [-0.3, -0.25) is 4.57 Å². The summed E-state index contributed by atoms with van der Waals surface area (Å²) in [5.74, 6) is 0.121. The third-order valence-electron chi connectivity index (χ3n) is 3.70. The van der Waals surface area contributed by atoms with Crippen molar-refractivity contribution in [1.29, 1.82) is 0 Å². The van der Waals surface area contributed by atoms with Crippen molar-refractivity contribution in [2.45, 2.75) is 52.0 Å². The Morgan fingerprint density at radius 2 is 2.05 bits per heavy atom. The van der Waals surface area contributed by atoms with Gasteiger partial charge in [0.1, 0.15) is 0 Å². The van der Waals surface area contributed by atoms with Crippen LogP contribution < -0.4 is 5.76 Å². The maximum atomic E-state index is 11.8. The molecule has 1 aromatic carbocycles. The number of oxazole rings is 1. The van der Waals surface area contributed by atoms with Crippen LogP contribution in [0.5, 0.6) is 0 Å². The molecule has 0 radical (unpaired) electrons. The Labute approximate surface area is 124 Å². The molecular weight excluding hydrogens is 274 g/mol. The molecule has 4 heteroatoms. The van der Waals surface area contributed by atoms with E-state index in [4.69, 9.17) is 16.0 Å². The van der Waals surface area contributed by atoms with Crippen LogP contribution in [0, 0.1) is 5.92 Å². The maximum Gasteiger partial charge on any atom is 0.419 e. The average molecular weight is 296 g/mol. The van der Waals surface area contributed by atoms with Crippen molar-refractivity contribution in [2.75, 3.05) is 0 Å². The van der Waals surface area contributed by atoms with Gasteiger partial charge in [-0.2, -0.15) is 0 Å². The molecule has 2 unspecified atom stereocenters. The first-order chi connectivity index (χ1) is 9.58. The number of rotatable bonds is 6. The number of aromatic nitrogens is 1. The summed E-state index contributed by atoms with van der Waals surface area (Å²) in [6, 6.07) is 5.86. The molecule has 1 heterocycles. The minimum absolute atomic E-state index is 0.0424. The van der Waals surface area contributed by atoms with E-state index in [1.54, 1.807) is 4.57 Å². The van der Waals surface area contributed by atoms with Crippen LogP contribution in [0.15, 0.2) is 27.4 Å². The Morgan fingerprint density at radius 1 is 1.30 bits per heavy atom. The van der Waals surface area contributed by atoms with E-state index in [9.17, 15) is 4.79 Å². The molecule has 0 bridgehead atoms. The van der Waals surface area contributed by atoms with E-state index in [1.807, 2.05) is 25.1 Å². The van der Waals surface area contributed by atoms with Crippen LogP contribution in [0.1, 0.15) is 51.0 Å². The standard InChI is InChI=1S/C16H22ClNO2/c1-4-6-11(3)15(17)12-7-8-13-14(10-12)20-16(19)18(13)9-5-2/h7-8,10-11,15H,4-6,9H2,1-3H3. The fourth-order valence-corrected chi connectivity index (χ4v) is 2.88. The molecule has 20 heavy (non-hydrogen) atoms. The molecule has 3 nitrogen and oxygen atoms in total. The van der Waals surface area contributed by atoms with E-state index in [-0.39, 0.29) is 11.1 Å². The van der Waals surface area contributed by atoms with Gasteiger partial charge in [0.25, 0.3) is 0 Å². The summed E-state index contributed by atoms with van der Waals surface area (Å²) in [7, 11) is 0. The van der Waals surface area contributed by atoms with Gasteiger partial charge in [0.2, 0.25) is 0 Å². The summed E-state index contributed by atoms with van der Waals surface area (Å²) < 4.78 is 7.01. The van der Waals surface area contributed by atoms with E-state index in [0.29, 0.717) is 18.0 Å². The largest absolute Gasteiger partial charge is 0.419 e. The number of halogens is 1. The molecule has 110 valence electrons. The van der Waals surface area contributed by atoms with Crippen LogP contribution in [0.3, 0.4) is 0 Å². The van der Waals surface area contributed by atoms with Crippen molar-refractivity contribution in [1.82, 2.24) is 4.57 Å². The van der Waals surface area contributed by atoms with Crippen LogP contribution in [0.25, 0.3) is 11.1 Å². The second-order valence-corrected chi connectivity index (χ2v) is 5.88. The zero-order valence-electron chi connectivity index (χ0n) is 12.4. The second-order valence-electron chi connectivity index (χ2n) is 5.41. The molecule has 2 rings (SSSR count). The second kappa shape index (κ2) is 6.49. The first-order valence-electron chi connectivity index (χ1n) is 7.35. The van der Waals surface area contributed by atoms with Gasteiger partial charge in [0.05, 0.1) is 10.9 Å². The van der Waals surface area contributed by atoms with Gasteiger partial charge >= 0.3 is 5.76 Å². The quantitative estimate of drug-likeness (QED) is 0.723. The Bertz CT molecular complexity index is 629. The predicted molar refractivity (Wildman–Crippen MR) is 83.4 cm³/mol. The molecule has 2 atom stereocenters. The molecule has 0 aliphatic heterocycles. The summed E-state index contributed by atoms with van der Waals surface area (Å²) in [4.78, 5) is 11.8. The molecule has 0 spiro atoms. The highest BCUT2D eigenvalue weighted by atomic mass is 35.5. The number of fused-ring (bicyclic) bond motifs is 1. The number of hydrogen-bond donors (Lipinski definition) is 0. The van der Waals surface area contributed by atoms with Crippen LogP contribution in [0.2, 0.25) is 0 Å². The normalized spacial score (nSPS) is 14.6. The van der Waals surface area contributed by atoms with Crippen molar-refractivity contribution in [3.8, 4) is 0 Å². The molecule has 0 saturated carbocycles. The number of alkyl halides is 1. The minimum atomic E-state index is -0.285. The number of nitrogens with zero attached hydrogens (tertiary/aromatic N) is 1. The minimum Gasteiger partial charge on any atom is -0.408 e. The lowest BCUT2D eigenvalue weighted by Gasteiger charge is -2.17. The lowest BCUT2D eigenvalue weighted by molar-refractivity contribution is 0.499. The van der Waals surface area contributed by atoms with Crippen LogP contribution in [-0.4, -0.2) is 4.57 Å². The summed E-state index contributed by atoms with van der Waals surface area (Å²) >= 11 is 6.52. The Hall–Kier alpha value is -1.22. The van der Waals surface area contributed by atoms with Gasteiger partial charge in [0, 0.05) is 6.54 Å². The maximum absolute atomic E-state index is 11.8. The van der Waals surface area contributed by atoms with Crippen LogP contribution >= 0.6 is 11.6 Å². The first kappa shape index (κ1) is 15.2. The van der Waals surface area contributed by atoms with Gasteiger partial charge in [-0.15, -0.1) is 11.6 Å². The lowest BCUT2D eigenvalue weighted by atomic mass is 9.96. The number of hydrogen-bond acceptors (Lipinski definition) is 2. The average Bonchev–Trinajstić information content (AvgIpc) is 2.74. The van der Waals surface area contributed by atoms with Gasteiger partial charge in [-0.25, -0.2) is 4.79 Å². The third kappa shape index (κ3) is 2.93. The smallest absolute Gasteiger partial charge is 0.408 e. The molecule has 0 N–H and O–H groups in total. The van der Waals surface area contributed by atoms with Crippen molar-refractivity contribution >= 4 is 22.7 Å². The monoisotopic (exact) mass is 295 g/mol. The summed E-state index contributed by atoms with van der Waals surface area (Å²) in [6.45, 7) is 7.04. The molecule has 0 saturated heterocycles. The van der Waals surface area contributed by atoms with Crippen LogP contribution in [-0.2, 0) is 6.54 Å². The van der Waals surface area contributed by atoms with Gasteiger partial charge < -0.3 is 4.42 Å². The van der Waals surface area contributed by atoms with Crippen molar-refractivity contribution in [3.05, 3.63) is 34.3 Å². The Kier molecular flexibility index (Phi) is 4.92. The SMILES string of the molecule is CCCC(C)C(Cl)c1ccc2c(c1)oc(=O)n2CCC. The zero-order valence-corrected chi connectivity index (χ0v) is 13.1. The third-order valence-corrected chi connectivity index (χ3v) is 4.38. The molecule has 2 aromatic rings. The topological polar surface area (TPSA) is 35.1 Å². The van der Waals surface area contributed by atoms with Crippen molar-refractivity contribution < 1.29 is 4.42 Å². The highest BCUT2D eigenvalue weighted by Crippen LogP contribution is 2.33. The van der Waals surface area contributed by atoms with E-state index in [0.717, 1.165) is 30.3 Å². The fourth-order valence-electron chi connectivity index (χ4n) is 2.62. The van der Waals surface area contributed by atoms with E-state index >= 15 is 0 Å². The Balaban J connectivity index is 2.37. The highest BCUT2D eigenvalue weighted by Gasteiger charge is 2.18. The molecule has 0 fully saturated rings. The van der Waals surface area contributed by atoms with Crippen LogP contribution in [0.4, 0.5) is 0 Å². The first-order valence-corrected chi connectivity index (χ1v) is 7.79. The van der Waals surface area contributed by atoms with E-state index < -0.39 is 0 Å². The molecule has 0 aliphatic carbocycles. The fraction of sp³-hybridized carbons (Fsp3) is 0.562. The number of aryl methyl sites for hydroxylation is 1. The van der Waals surface area contributed by atoms with E-state index in [2.05, 4.69) is 13.8 Å². The zero-order chi connectivity index (χ0) is 14.7. The van der Waals surface area contributed by atoms with Crippen molar-refractivity contribution in [3.63, 3.8) is 0 Å². The van der Waals surface area contributed by atoms with E-state index in [1.165, 1.54) is 0 Å². The summed E-state index contributed by atoms with van der Waals surface area (Å²) in [5, 5.41) is -0.0424. The lowest BCUT2D eigenvalue weighted by Crippen LogP contribution is -2.13. The highest BCUT2D eigenvalue weighted by molar-refractivity contribution is 6.21. The van der Waals surface area contributed by atoms with Gasteiger partial charge in [0.15, 0.2) is 5.58 Å².